The predicted octanol–water partition coefficient (Wildman–Crippen LogP) is 2.81. The lowest BCUT2D eigenvalue weighted by Crippen LogP contribution is -2.11. The van der Waals surface area contributed by atoms with Crippen LogP contribution in [-0.4, -0.2) is 4.98 Å². The van der Waals surface area contributed by atoms with Crippen molar-refractivity contribution in [3.05, 3.63) is 48.0 Å². The summed E-state index contributed by atoms with van der Waals surface area (Å²) < 4.78 is 0. The maximum Gasteiger partial charge on any atom is 0.149 e. The molecule has 1 heterocycles. The average molecular weight is 242 g/mol. The zero-order valence-electron chi connectivity index (χ0n) is 10.4. The van der Waals surface area contributed by atoms with E-state index in [1.807, 2.05) is 24.3 Å². The number of aromatic nitrogens is 1. The highest BCUT2D eigenvalue weighted by Crippen LogP contribution is 2.23. The summed E-state index contributed by atoms with van der Waals surface area (Å²) in [6.45, 7) is 2.13. The lowest BCUT2D eigenvalue weighted by Gasteiger charge is -2.18. The summed E-state index contributed by atoms with van der Waals surface area (Å²) >= 11 is 0. The van der Waals surface area contributed by atoms with Crippen molar-refractivity contribution in [3.8, 4) is 0 Å². The molecule has 1 unspecified atom stereocenters. The van der Waals surface area contributed by atoms with Gasteiger partial charge in [0.05, 0.1) is 11.7 Å². The molecule has 0 saturated carbocycles. The van der Waals surface area contributed by atoms with Crippen molar-refractivity contribution in [2.75, 3.05) is 16.8 Å². The number of hydrogen-bond donors (Lipinski definition) is 3. The summed E-state index contributed by atoms with van der Waals surface area (Å²) in [4.78, 5) is 4.23. The second-order valence-corrected chi connectivity index (χ2v) is 4.19. The molecule has 0 spiro atoms. The van der Waals surface area contributed by atoms with E-state index >= 15 is 0 Å². The molecule has 2 rings (SSSR count). The Hall–Kier alpha value is -2.23. The number of nitrogens with one attached hydrogen (secondary N) is 1. The average Bonchev–Trinajstić information content (AvgIpc) is 2.41. The van der Waals surface area contributed by atoms with Crippen LogP contribution in [0.25, 0.3) is 0 Å². The van der Waals surface area contributed by atoms with Crippen LogP contribution in [0.15, 0.2) is 42.5 Å². The zero-order valence-corrected chi connectivity index (χ0v) is 10.4. The standard InChI is InChI=1S/C14H18N4/c1-2-12(10-6-4-3-5-7-10)17-13-9-8-11(15)14(16)18-13/h3-9,12H,2,15H2,1H3,(H3,16,17,18). The fourth-order valence-electron chi connectivity index (χ4n) is 1.85. The molecular formula is C14H18N4. The number of pyridine rings is 1. The van der Waals surface area contributed by atoms with Crippen molar-refractivity contribution in [2.45, 2.75) is 19.4 Å². The van der Waals surface area contributed by atoms with Gasteiger partial charge in [-0.15, -0.1) is 0 Å². The van der Waals surface area contributed by atoms with E-state index in [9.17, 15) is 0 Å². The van der Waals surface area contributed by atoms with E-state index in [-0.39, 0.29) is 6.04 Å². The van der Waals surface area contributed by atoms with Crippen molar-refractivity contribution in [3.63, 3.8) is 0 Å². The predicted molar refractivity (Wildman–Crippen MR) is 76.2 cm³/mol. The fraction of sp³-hybridized carbons (Fsp3) is 0.214. The topological polar surface area (TPSA) is 77.0 Å². The Morgan fingerprint density at radius 3 is 2.44 bits per heavy atom. The summed E-state index contributed by atoms with van der Waals surface area (Å²) in [6, 6.07) is 14.1. The van der Waals surface area contributed by atoms with Crippen LogP contribution >= 0.6 is 0 Å². The molecule has 0 aliphatic heterocycles. The second kappa shape index (κ2) is 5.40. The van der Waals surface area contributed by atoms with Gasteiger partial charge < -0.3 is 16.8 Å². The number of benzene rings is 1. The minimum absolute atomic E-state index is 0.224. The Kier molecular flexibility index (Phi) is 3.67. The van der Waals surface area contributed by atoms with E-state index < -0.39 is 0 Å². The van der Waals surface area contributed by atoms with Gasteiger partial charge in [0.15, 0.2) is 0 Å². The summed E-state index contributed by atoms with van der Waals surface area (Å²) in [7, 11) is 0. The largest absolute Gasteiger partial charge is 0.396 e. The van der Waals surface area contributed by atoms with E-state index in [0.717, 1.165) is 12.2 Å². The highest BCUT2D eigenvalue weighted by atomic mass is 15.0. The molecule has 0 fully saturated rings. The molecule has 2 aromatic rings. The van der Waals surface area contributed by atoms with Gasteiger partial charge in [0.1, 0.15) is 11.6 Å². The number of nitrogens with zero attached hydrogens (tertiary/aromatic N) is 1. The normalized spacial score (nSPS) is 12.1. The summed E-state index contributed by atoms with van der Waals surface area (Å²) in [5, 5.41) is 3.37. The van der Waals surface area contributed by atoms with Gasteiger partial charge in [-0.1, -0.05) is 37.3 Å². The van der Waals surface area contributed by atoms with E-state index in [2.05, 4.69) is 29.4 Å². The molecule has 1 aromatic carbocycles. The fourth-order valence-corrected chi connectivity index (χ4v) is 1.85. The number of rotatable bonds is 4. The first kappa shape index (κ1) is 12.2. The van der Waals surface area contributed by atoms with Gasteiger partial charge in [0.25, 0.3) is 0 Å². The van der Waals surface area contributed by atoms with Gasteiger partial charge in [0, 0.05) is 0 Å². The molecule has 5 N–H and O–H groups in total. The van der Waals surface area contributed by atoms with Crippen LogP contribution in [0.2, 0.25) is 0 Å². The lowest BCUT2D eigenvalue weighted by molar-refractivity contribution is 0.745. The zero-order chi connectivity index (χ0) is 13.0. The molecule has 4 heteroatoms. The molecular weight excluding hydrogens is 224 g/mol. The van der Waals surface area contributed by atoms with E-state index in [0.29, 0.717) is 11.5 Å². The molecule has 1 atom stereocenters. The molecule has 0 amide bonds. The van der Waals surface area contributed by atoms with Gasteiger partial charge in [-0.25, -0.2) is 4.98 Å². The van der Waals surface area contributed by atoms with E-state index in [4.69, 9.17) is 11.5 Å². The van der Waals surface area contributed by atoms with E-state index in [1.165, 1.54) is 5.56 Å². The molecule has 94 valence electrons. The van der Waals surface area contributed by atoms with Crippen LogP contribution in [0.1, 0.15) is 24.9 Å². The third kappa shape index (κ3) is 2.71. The van der Waals surface area contributed by atoms with E-state index in [1.54, 1.807) is 6.07 Å². The Morgan fingerprint density at radius 2 is 1.83 bits per heavy atom. The van der Waals surface area contributed by atoms with Crippen LogP contribution in [0.5, 0.6) is 0 Å². The summed E-state index contributed by atoms with van der Waals surface area (Å²) in [5.41, 5.74) is 13.1. The lowest BCUT2D eigenvalue weighted by atomic mass is 10.0. The first-order valence-corrected chi connectivity index (χ1v) is 6.04. The minimum atomic E-state index is 0.224. The summed E-state index contributed by atoms with van der Waals surface area (Å²) in [6.07, 6.45) is 0.968. The highest BCUT2D eigenvalue weighted by Gasteiger charge is 2.09. The highest BCUT2D eigenvalue weighted by molar-refractivity contribution is 5.61. The third-order valence-corrected chi connectivity index (χ3v) is 2.89. The van der Waals surface area contributed by atoms with Crippen molar-refractivity contribution >= 4 is 17.3 Å². The molecule has 0 bridgehead atoms. The Balaban J connectivity index is 2.18. The molecule has 0 saturated heterocycles. The first-order chi connectivity index (χ1) is 8.70. The second-order valence-electron chi connectivity index (χ2n) is 4.19. The molecule has 4 nitrogen and oxygen atoms in total. The van der Waals surface area contributed by atoms with Gasteiger partial charge >= 0.3 is 0 Å². The van der Waals surface area contributed by atoms with Gasteiger partial charge in [0.2, 0.25) is 0 Å². The molecule has 0 radical (unpaired) electrons. The van der Waals surface area contributed by atoms with Crippen molar-refractivity contribution in [2.24, 2.45) is 0 Å². The number of hydrogen-bond acceptors (Lipinski definition) is 4. The Morgan fingerprint density at radius 1 is 1.11 bits per heavy atom. The first-order valence-electron chi connectivity index (χ1n) is 6.04. The van der Waals surface area contributed by atoms with Crippen LogP contribution in [0, 0.1) is 0 Å². The Bertz CT molecular complexity index is 510. The van der Waals surface area contributed by atoms with Gasteiger partial charge in [-0.2, -0.15) is 0 Å². The Labute approximate surface area is 107 Å². The molecule has 0 aliphatic rings. The molecule has 0 aliphatic carbocycles. The quantitative estimate of drug-likeness (QED) is 0.770. The number of nitrogen functional groups attached to an aromatic ring is 2. The number of anilines is 3. The molecule has 1 aromatic heterocycles. The smallest absolute Gasteiger partial charge is 0.149 e. The van der Waals surface area contributed by atoms with Crippen molar-refractivity contribution in [1.82, 2.24) is 4.98 Å². The van der Waals surface area contributed by atoms with Gasteiger partial charge in [-0.3, -0.25) is 0 Å². The van der Waals surface area contributed by atoms with Crippen LogP contribution in [-0.2, 0) is 0 Å². The monoisotopic (exact) mass is 242 g/mol. The van der Waals surface area contributed by atoms with Crippen LogP contribution in [0.4, 0.5) is 17.3 Å². The summed E-state index contributed by atoms with van der Waals surface area (Å²) in [5.74, 6) is 1.11. The third-order valence-electron chi connectivity index (χ3n) is 2.89. The molecule has 18 heavy (non-hydrogen) atoms. The maximum absolute atomic E-state index is 5.70. The van der Waals surface area contributed by atoms with Crippen molar-refractivity contribution < 1.29 is 0 Å². The maximum atomic E-state index is 5.70. The van der Waals surface area contributed by atoms with Crippen LogP contribution < -0.4 is 16.8 Å². The minimum Gasteiger partial charge on any atom is -0.396 e. The SMILES string of the molecule is CCC(Nc1ccc(N)c(N)n1)c1ccccc1. The van der Waals surface area contributed by atoms with Gasteiger partial charge in [-0.05, 0) is 24.1 Å². The van der Waals surface area contributed by atoms with Crippen LogP contribution in [0.3, 0.4) is 0 Å². The van der Waals surface area contributed by atoms with Crippen molar-refractivity contribution in [1.29, 1.82) is 0 Å². The number of nitrogens with two attached hydrogens (primary N) is 2.